The summed E-state index contributed by atoms with van der Waals surface area (Å²) in [5.74, 6) is 2.43. The highest BCUT2D eigenvalue weighted by Gasteiger charge is 2.38. The Bertz CT molecular complexity index is 338. The number of rotatable bonds is 1. The van der Waals surface area contributed by atoms with E-state index in [4.69, 9.17) is 0 Å². The van der Waals surface area contributed by atoms with Gasteiger partial charge in [0.05, 0.1) is 0 Å². The summed E-state index contributed by atoms with van der Waals surface area (Å²) in [6.07, 6.45) is 5.00. The fourth-order valence-corrected chi connectivity index (χ4v) is 3.87. The second kappa shape index (κ2) is 5.92. The first-order valence-electron chi connectivity index (χ1n) is 8.36. The van der Waals surface area contributed by atoms with Crippen molar-refractivity contribution in [1.29, 1.82) is 0 Å². The van der Waals surface area contributed by atoms with Crippen molar-refractivity contribution < 1.29 is 4.79 Å². The van der Waals surface area contributed by atoms with Crippen molar-refractivity contribution in [2.75, 3.05) is 46.3 Å². The molecule has 3 rings (SSSR count). The molecule has 0 atom stereocenters. The predicted octanol–water partition coefficient (Wildman–Crippen LogP) is 2.11. The summed E-state index contributed by atoms with van der Waals surface area (Å²) in [7, 11) is 2.21. The van der Waals surface area contributed by atoms with E-state index < -0.39 is 0 Å². The largest absolute Gasteiger partial charge is 0.325 e. The molecule has 0 aromatic heterocycles. The van der Waals surface area contributed by atoms with Gasteiger partial charge in [0.25, 0.3) is 0 Å². The smallest absolute Gasteiger partial charge is 0.320 e. The number of piperidine rings is 2. The van der Waals surface area contributed by atoms with Crippen LogP contribution in [0.4, 0.5) is 4.79 Å². The number of carbonyl (C=O) groups excluding carboxylic acids is 1. The Morgan fingerprint density at radius 2 is 1.45 bits per heavy atom. The molecule has 0 radical (unpaired) electrons. The SMILES string of the molecule is CC1CCN(C(=O)N2CC(C3CCN(C)CC3)C2)CC1. The molecule has 114 valence electrons. The van der Waals surface area contributed by atoms with E-state index in [0.717, 1.165) is 43.9 Å². The van der Waals surface area contributed by atoms with Gasteiger partial charge in [-0.2, -0.15) is 0 Å². The predicted molar refractivity (Wildman–Crippen MR) is 80.7 cm³/mol. The van der Waals surface area contributed by atoms with Gasteiger partial charge in [-0.25, -0.2) is 4.79 Å². The number of nitrogens with zero attached hydrogens (tertiary/aromatic N) is 3. The molecule has 3 aliphatic heterocycles. The van der Waals surface area contributed by atoms with Crippen LogP contribution in [0.15, 0.2) is 0 Å². The zero-order valence-corrected chi connectivity index (χ0v) is 13.1. The van der Waals surface area contributed by atoms with E-state index >= 15 is 0 Å². The number of likely N-dealkylation sites (tertiary alicyclic amines) is 3. The summed E-state index contributed by atoms with van der Waals surface area (Å²) in [6, 6.07) is 0.307. The van der Waals surface area contributed by atoms with Gasteiger partial charge in [-0.05, 0) is 63.6 Å². The normalized spacial score (nSPS) is 27.7. The van der Waals surface area contributed by atoms with E-state index in [1.807, 2.05) is 0 Å². The monoisotopic (exact) mass is 279 g/mol. The first-order chi connectivity index (χ1) is 9.63. The number of hydrogen-bond acceptors (Lipinski definition) is 2. The van der Waals surface area contributed by atoms with Crippen molar-refractivity contribution in [2.24, 2.45) is 17.8 Å². The molecule has 3 saturated heterocycles. The number of amides is 2. The Morgan fingerprint density at radius 3 is 2.05 bits per heavy atom. The molecule has 0 aliphatic carbocycles. The first-order valence-corrected chi connectivity index (χ1v) is 8.36. The van der Waals surface area contributed by atoms with Crippen LogP contribution in [0.5, 0.6) is 0 Å². The third-order valence-electron chi connectivity index (χ3n) is 5.66. The lowest BCUT2D eigenvalue weighted by molar-refractivity contribution is 0.0371. The minimum atomic E-state index is 0.307. The van der Waals surface area contributed by atoms with Gasteiger partial charge in [0.15, 0.2) is 0 Å². The minimum Gasteiger partial charge on any atom is -0.325 e. The van der Waals surface area contributed by atoms with Crippen LogP contribution in [0, 0.1) is 17.8 Å². The van der Waals surface area contributed by atoms with Gasteiger partial charge in [-0.15, -0.1) is 0 Å². The molecule has 0 saturated carbocycles. The Balaban J connectivity index is 1.42. The molecular formula is C16H29N3O. The van der Waals surface area contributed by atoms with Gasteiger partial charge in [0, 0.05) is 26.2 Å². The van der Waals surface area contributed by atoms with Crippen LogP contribution < -0.4 is 0 Å². The second-order valence-corrected chi connectivity index (χ2v) is 7.26. The van der Waals surface area contributed by atoms with E-state index in [1.165, 1.54) is 38.8 Å². The lowest BCUT2D eigenvalue weighted by Gasteiger charge is -2.47. The molecule has 0 unspecified atom stereocenters. The minimum absolute atomic E-state index is 0.307. The van der Waals surface area contributed by atoms with Crippen molar-refractivity contribution in [3.8, 4) is 0 Å². The van der Waals surface area contributed by atoms with Crippen molar-refractivity contribution in [2.45, 2.75) is 32.6 Å². The maximum absolute atomic E-state index is 12.4. The van der Waals surface area contributed by atoms with Crippen LogP contribution in [-0.2, 0) is 0 Å². The highest BCUT2D eigenvalue weighted by molar-refractivity contribution is 5.75. The maximum atomic E-state index is 12.4. The van der Waals surface area contributed by atoms with Crippen LogP contribution in [0.3, 0.4) is 0 Å². The Labute approximate surface area is 123 Å². The summed E-state index contributed by atoms with van der Waals surface area (Å²) < 4.78 is 0. The summed E-state index contributed by atoms with van der Waals surface area (Å²) in [6.45, 7) is 8.73. The highest BCUT2D eigenvalue weighted by Crippen LogP contribution is 2.32. The summed E-state index contributed by atoms with van der Waals surface area (Å²) in [5.41, 5.74) is 0. The molecule has 0 aromatic rings. The molecule has 4 nitrogen and oxygen atoms in total. The lowest BCUT2D eigenvalue weighted by atomic mass is 9.80. The van der Waals surface area contributed by atoms with Gasteiger partial charge < -0.3 is 14.7 Å². The summed E-state index contributed by atoms with van der Waals surface area (Å²) >= 11 is 0. The van der Waals surface area contributed by atoms with Crippen molar-refractivity contribution in [3.05, 3.63) is 0 Å². The molecule has 4 heteroatoms. The van der Waals surface area contributed by atoms with Crippen molar-refractivity contribution in [3.63, 3.8) is 0 Å². The molecule has 3 aliphatic rings. The molecule has 0 aromatic carbocycles. The maximum Gasteiger partial charge on any atom is 0.320 e. The first kappa shape index (κ1) is 14.2. The second-order valence-electron chi connectivity index (χ2n) is 7.26. The lowest BCUT2D eigenvalue weighted by Crippen LogP contribution is -2.58. The van der Waals surface area contributed by atoms with Gasteiger partial charge in [0.2, 0.25) is 0 Å². The van der Waals surface area contributed by atoms with E-state index in [1.54, 1.807) is 0 Å². The molecule has 20 heavy (non-hydrogen) atoms. The van der Waals surface area contributed by atoms with Crippen LogP contribution in [-0.4, -0.2) is 67.0 Å². The Morgan fingerprint density at radius 1 is 0.850 bits per heavy atom. The zero-order chi connectivity index (χ0) is 14.1. The molecule has 0 N–H and O–H groups in total. The quantitative estimate of drug-likeness (QED) is 0.735. The molecular weight excluding hydrogens is 250 g/mol. The van der Waals surface area contributed by atoms with E-state index in [-0.39, 0.29) is 0 Å². The molecule has 3 heterocycles. The fraction of sp³-hybridized carbons (Fsp3) is 0.938. The summed E-state index contributed by atoms with van der Waals surface area (Å²) in [5, 5.41) is 0. The molecule has 0 bridgehead atoms. The Hall–Kier alpha value is -0.770. The van der Waals surface area contributed by atoms with Crippen LogP contribution in [0.25, 0.3) is 0 Å². The third kappa shape index (κ3) is 2.95. The Kier molecular flexibility index (Phi) is 4.20. The number of carbonyl (C=O) groups is 1. The van der Waals surface area contributed by atoms with Crippen molar-refractivity contribution in [1.82, 2.24) is 14.7 Å². The standard InChI is InChI=1S/C16H29N3O/c1-13-3-9-18(10-4-13)16(20)19-11-15(12-19)14-5-7-17(2)8-6-14/h13-15H,3-12H2,1-2H3. The van der Waals surface area contributed by atoms with Gasteiger partial charge in [-0.3, -0.25) is 0 Å². The van der Waals surface area contributed by atoms with Gasteiger partial charge >= 0.3 is 6.03 Å². The topological polar surface area (TPSA) is 26.8 Å². The molecule has 2 amide bonds. The van der Waals surface area contributed by atoms with Crippen LogP contribution >= 0.6 is 0 Å². The zero-order valence-electron chi connectivity index (χ0n) is 13.1. The van der Waals surface area contributed by atoms with Gasteiger partial charge in [-0.1, -0.05) is 6.92 Å². The van der Waals surface area contributed by atoms with E-state index in [0.29, 0.717) is 6.03 Å². The van der Waals surface area contributed by atoms with E-state index in [9.17, 15) is 4.79 Å². The van der Waals surface area contributed by atoms with Crippen LogP contribution in [0.2, 0.25) is 0 Å². The molecule has 3 fully saturated rings. The average molecular weight is 279 g/mol. The van der Waals surface area contributed by atoms with Gasteiger partial charge in [0.1, 0.15) is 0 Å². The number of hydrogen-bond donors (Lipinski definition) is 0. The molecule has 0 spiro atoms. The summed E-state index contributed by atoms with van der Waals surface area (Å²) in [4.78, 5) is 19.0. The number of urea groups is 1. The van der Waals surface area contributed by atoms with E-state index in [2.05, 4.69) is 28.7 Å². The average Bonchev–Trinajstić information content (AvgIpc) is 2.40. The van der Waals surface area contributed by atoms with Crippen LogP contribution in [0.1, 0.15) is 32.6 Å². The highest BCUT2D eigenvalue weighted by atomic mass is 16.2. The fourth-order valence-electron chi connectivity index (χ4n) is 3.87. The van der Waals surface area contributed by atoms with Crippen molar-refractivity contribution >= 4 is 6.03 Å². The third-order valence-corrected chi connectivity index (χ3v) is 5.66.